The summed E-state index contributed by atoms with van der Waals surface area (Å²) in [7, 11) is 6.29. The van der Waals surface area contributed by atoms with Gasteiger partial charge in [-0.05, 0) is 18.9 Å². The van der Waals surface area contributed by atoms with Crippen molar-refractivity contribution in [2.24, 2.45) is 34.5 Å². The second-order valence-electron chi connectivity index (χ2n) is 12.1. The van der Waals surface area contributed by atoms with E-state index in [-0.39, 0.29) is 18.4 Å². The maximum absolute atomic E-state index is 12.6. The molecule has 10 nitrogen and oxygen atoms in total. The number of hydrogen-bond acceptors (Lipinski definition) is 10. The van der Waals surface area contributed by atoms with E-state index in [1.54, 1.807) is 21.3 Å². The van der Waals surface area contributed by atoms with E-state index in [4.69, 9.17) is 18.9 Å². The van der Waals surface area contributed by atoms with Gasteiger partial charge in [0.25, 0.3) is 0 Å². The van der Waals surface area contributed by atoms with Crippen LogP contribution >= 0.6 is 0 Å². The van der Waals surface area contributed by atoms with Crippen LogP contribution in [0.5, 0.6) is 0 Å². The molecule has 35 heavy (non-hydrogen) atoms. The summed E-state index contributed by atoms with van der Waals surface area (Å²) >= 11 is 0. The summed E-state index contributed by atoms with van der Waals surface area (Å²) in [5.41, 5.74) is -4.81. The van der Waals surface area contributed by atoms with Gasteiger partial charge >= 0.3 is 0 Å². The maximum Gasteiger partial charge on any atom is 0.120 e. The summed E-state index contributed by atoms with van der Waals surface area (Å²) < 4.78 is 23.7. The van der Waals surface area contributed by atoms with E-state index >= 15 is 0 Å². The van der Waals surface area contributed by atoms with E-state index in [0.29, 0.717) is 26.1 Å². The fraction of sp³-hybridized carbons (Fsp3) is 1.00. The van der Waals surface area contributed by atoms with E-state index in [1.165, 1.54) is 7.11 Å². The zero-order valence-electron chi connectivity index (χ0n) is 21.2. The van der Waals surface area contributed by atoms with E-state index in [9.17, 15) is 25.5 Å². The van der Waals surface area contributed by atoms with Crippen LogP contribution in [0.2, 0.25) is 0 Å². The number of nitrogens with zero attached hydrogens (tertiary/aromatic N) is 1. The number of likely N-dealkylation sites (tertiary alicyclic amines) is 1. The van der Waals surface area contributed by atoms with Crippen molar-refractivity contribution in [1.29, 1.82) is 0 Å². The van der Waals surface area contributed by atoms with Crippen molar-refractivity contribution in [1.82, 2.24) is 4.90 Å². The topological polar surface area (TPSA) is 141 Å². The van der Waals surface area contributed by atoms with Crippen molar-refractivity contribution in [3.05, 3.63) is 0 Å². The molecule has 10 heteroatoms. The van der Waals surface area contributed by atoms with E-state index in [0.717, 1.165) is 0 Å². The molecule has 0 aromatic heterocycles. The minimum absolute atomic E-state index is 0.156. The van der Waals surface area contributed by atoms with Crippen molar-refractivity contribution in [3.63, 3.8) is 0 Å². The lowest BCUT2D eigenvalue weighted by molar-refractivity contribution is -0.320. The first-order chi connectivity index (χ1) is 16.6. The Morgan fingerprint density at radius 2 is 1.66 bits per heavy atom. The Bertz CT molecular complexity index is 878. The van der Waals surface area contributed by atoms with Gasteiger partial charge in [0.05, 0.1) is 31.0 Å². The van der Waals surface area contributed by atoms with Gasteiger partial charge in [-0.2, -0.15) is 0 Å². The quantitative estimate of drug-likeness (QED) is 0.285. The van der Waals surface area contributed by atoms with Crippen LogP contribution in [0.15, 0.2) is 0 Å². The fourth-order valence-electron chi connectivity index (χ4n) is 11.0. The third-order valence-corrected chi connectivity index (χ3v) is 11.7. The van der Waals surface area contributed by atoms with Crippen molar-refractivity contribution < 1.29 is 44.5 Å². The Balaban J connectivity index is 1.68. The van der Waals surface area contributed by atoms with Gasteiger partial charge in [-0.25, -0.2) is 0 Å². The summed E-state index contributed by atoms with van der Waals surface area (Å²) in [5, 5.41) is 59.3. The fourth-order valence-corrected chi connectivity index (χ4v) is 11.0. The molecule has 1 heterocycles. The first kappa shape index (κ1) is 24.9. The minimum atomic E-state index is -1.76. The molecule has 6 aliphatic rings. The van der Waals surface area contributed by atoms with Crippen molar-refractivity contribution in [2.45, 2.75) is 73.6 Å². The van der Waals surface area contributed by atoms with Gasteiger partial charge in [-0.3, -0.25) is 4.90 Å². The Labute approximate surface area is 206 Å². The van der Waals surface area contributed by atoms with Gasteiger partial charge in [0.1, 0.15) is 23.4 Å². The molecular formula is C25H41NO9. The van der Waals surface area contributed by atoms with Gasteiger partial charge in [-0.15, -0.1) is 0 Å². The Hall–Kier alpha value is -0.400. The molecule has 1 spiro atoms. The van der Waals surface area contributed by atoms with Crippen LogP contribution in [0.3, 0.4) is 0 Å². The number of hydrogen-bond donors (Lipinski definition) is 5. The summed E-state index contributed by atoms with van der Waals surface area (Å²) in [4.78, 5) is 2.29. The predicted molar refractivity (Wildman–Crippen MR) is 121 cm³/mol. The third-order valence-electron chi connectivity index (χ3n) is 11.7. The number of aliphatic hydroxyl groups is 5. The normalized spacial score (nSPS) is 62.4. The Kier molecular flexibility index (Phi) is 5.40. The van der Waals surface area contributed by atoms with Crippen LogP contribution in [0.4, 0.5) is 0 Å². The largest absolute Gasteiger partial charge is 0.392 e. The molecule has 4 unspecified atom stereocenters. The van der Waals surface area contributed by atoms with E-state index in [2.05, 4.69) is 11.8 Å². The van der Waals surface area contributed by atoms with Crippen molar-refractivity contribution >= 4 is 0 Å². The van der Waals surface area contributed by atoms with Gasteiger partial charge in [-0.1, -0.05) is 6.92 Å². The number of fused-ring (bicyclic) bond motifs is 2. The van der Waals surface area contributed by atoms with Gasteiger partial charge in [0.15, 0.2) is 0 Å². The molecule has 1 saturated heterocycles. The molecule has 0 aromatic rings. The van der Waals surface area contributed by atoms with Crippen molar-refractivity contribution in [3.8, 4) is 0 Å². The monoisotopic (exact) mass is 499 g/mol. The molecule has 15 atom stereocenters. The molecular weight excluding hydrogens is 458 g/mol. The molecule has 6 rings (SSSR count). The number of methoxy groups -OCH3 is 4. The lowest BCUT2D eigenvalue weighted by Crippen LogP contribution is -2.81. The highest BCUT2D eigenvalue weighted by atomic mass is 16.5. The SMILES string of the molecule is CCN1C[C@]2(COC)C(O)C[C@H](OC)C34C1C([C@H](OC)[C@@H]32)[C@]1(O)[C@@H]2[C@H]4C[C@](O)([C@@H]2O)[C@@H](OC)[C@@H]1O. The molecule has 200 valence electrons. The molecule has 6 fully saturated rings. The van der Waals surface area contributed by atoms with Crippen LogP contribution in [-0.4, -0.2) is 132 Å². The maximum atomic E-state index is 12.6. The smallest absolute Gasteiger partial charge is 0.120 e. The molecule has 7 bridgehead atoms. The van der Waals surface area contributed by atoms with Crippen LogP contribution in [0.1, 0.15) is 19.8 Å². The molecule has 0 aromatic carbocycles. The predicted octanol–water partition coefficient (Wildman–Crippen LogP) is -1.79. The lowest BCUT2D eigenvalue weighted by Gasteiger charge is -2.70. The highest BCUT2D eigenvalue weighted by Gasteiger charge is 2.90. The number of rotatable bonds is 6. The van der Waals surface area contributed by atoms with Gasteiger partial charge in [0.2, 0.25) is 0 Å². The summed E-state index contributed by atoms with van der Waals surface area (Å²) in [5.74, 6) is -2.04. The zero-order valence-corrected chi connectivity index (χ0v) is 21.2. The van der Waals surface area contributed by atoms with E-state index in [1.807, 2.05) is 0 Å². The highest BCUT2D eigenvalue weighted by molar-refractivity contribution is 5.39. The second-order valence-corrected chi connectivity index (χ2v) is 12.1. The van der Waals surface area contributed by atoms with Crippen LogP contribution < -0.4 is 0 Å². The standard InChI is InChI=1S/C25H41NO9/c1-6-26-9-22(10-32-2)12(27)7-13(33-3)24-11-8-23(30)19(28)14(11)25(31,20(29)21(23)35-5)15(18(24)26)16(34-4)17(22)24/h11-21,27-31H,6-10H2,1-5H3/t11-,12?,13+,14-,15?,16+,17-,18?,19-,20+,21+,22+,23+,24?,25-/m1/s1. The molecule has 1 aliphatic heterocycles. The minimum Gasteiger partial charge on any atom is -0.392 e. The van der Waals surface area contributed by atoms with Gasteiger partial charge in [0, 0.05) is 76.0 Å². The lowest BCUT2D eigenvalue weighted by atomic mass is 9.42. The summed E-state index contributed by atoms with van der Waals surface area (Å²) in [6.45, 7) is 3.58. The first-order valence-corrected chi connectivity index (χ1v) is 12.9. The van der Waals surface area contributed by atoms with Crippen LogP contribution in [0.25, 0.3) is 0 Å². The Morgan fingerprint density at radius 1 is 0.943 bits per heavy atom. The second kappa shape index (κ2) is 7.59. The zero-order chi connectivity index (χ0) is 25.3. The molecule has 5 aliphatic carbocycles. The average Bonchev–Trinajstić information content (AvgIpc) is 3.19. The number of ether oxygens (including phenoxy) is 4. The highest BCUT2D eigenvalue weighted by Crippen LogP contribution is 2.79. The van der Waals surface area contributed by atoms with Crippen molar-refractivity contribution in [2.75, 3.05) is 48.1 Å². The molecule has 5 saturated carbocycles. The number of piperidine rings is 1. The molecule has 5 N–H and O–H groups in total. The summed E-state index contributed by atoms with van der Waals surface area (Å²) in [6, 6.07) is -0.240. The van der Waals surface area contributed by atoms with Gasteiger partial charge < -0.3 is 44.5 Å². The Morgan fingerprint density at radius 3 is 2.23 bits per heavy atom. The van der Waals surface area contributed by atoms with Crippen LogP contribution in [-0.2, 0) is 18.9 Å². The molecule has 0 amide bonds. The third kappa shape index (κ3) is 2.35. The number of aliphatic hydroxyl groups excluding tert-OH is 3. The van der Waals surface area contributed by atoms with E-state index < -0.39 is 76.4 Å². The molecule has 0 radical (unpaired) electrons. The van der Waals surface area contributed by atoms with Crippen LogP contribution in [0, 0.1) is 34.5 Å². The first-order valence-electron chi connectivity index (χ1n) is 12.9. The summed E-state index contributed by atoms with van der Waals surface area (Å²) in [6.07, 6.45) is -4.95. The average molecular weight is 500 g/mol.